The first-order valence-corrected chi connectivity index (χ1v) is 6.80. The van der Waals surface area contributed by atoms with Crippen LogP contribution in [0.25, 0.3) is 0 Å². The van der Waals surface area contributed by atoms with E-state index in [4.69, 9.17) is 0 Å². The van der Waals surface area contributed by atoms with E-state index in [2.05, 4.69) is 21.2 Å². The number of nitrogens with one attached hydrogen (secondary N) is 1. The van der Waals surface area contributed by atoms with Gasteiger partial charge in [0.1, 0.15) is 5.82 Å². The third-order valence-corrected chi connectivity index (χ3v) is 3.88. The minimum absolute atomic E-state index is 0. The van der Waals surface area contributed by atoms with Gasteiger partial charge >= 0.3 is 0 Å². The number of nitrogens with zero attached hydrogens (tertiary/aromatic N) is 1. The molecule has 19 heavy (non-hydrogen) atoms. The summed E-state index contributed by atoms with van der Waals surface area (Å²) < 4.78 is 13.8. The SMILES string of the molecule is CNCC1CCN(C(=O)c2ccc(Br)c(F)c2)C1.Cl. The van der Waals surface area contributed by atoms with Crippen molar-refractivity contribution in [2.24, 2.45) is 5.92 Å². The molecule has 1 fully saturated rings. The number of hydrogen-bond donors (Lipinski definition) is 1. The fourth-order valence-corrected chi connectivity index (χ4v) is 2.53. The van der Waals surface area contributed by atoms with Crippen molar-refractivity contribution >= 4 is 34.2 Å². The van der Waals surface area contributed by atoms with Crippen LogP contribution in [0.3, 0.4) is 0 Å². The first-order valence-electron chi connectivity index (χ1n) is 6.00. The summed E-state index contributed by atoms with van der Waals surface area (Å²) in [7, 11) is 1.91. The lowest BCUT2D eigenvalue weighted by Gasteiger charge is -2.16. The van der Waals surface area contributed by atoms with Crippen molar-refractivity contribution in [3.63, 3.8) is 0 Å². The molecule has 1 N–H and O–H groups in total. The van der Waals surface area contributed by atoms with Crippen LogP contribution >= 0.6 is 28.3 Å². The Balaban J connectivity index is 0.00000180. The Morgan fingerprint density at radius 2 is 2.32 bits per heavy atom. The molecule has 1 amide bonds. The van der Waals surface area contributed by atoms with Crippen LogP contribution in [0.15, 0.2) is 22.7 Å². The fraction of sp³-hybridized carbons (Fsp3) is 0.462. The fourth-order valence-electron chi connectivity index (χ4n) is 2.28. The van der Waals surface area contributed by atoms with Crippen LogP contribution in [0.1, 0.15) is 16.8 Å². The highest BCUT2D eigenvalue weighted by atomic mass is 79.9. The van der Waals surface area contributed by atoms with Gasteiger partial charge in [-0.15, -0.1) is 12.4 Å². The van der Waals surface area contributed by atoms with E-state index in [-0.39, 0.29) is 18.3 Å². The lowest BCUT2D eigenvalue weighted by molar-refractivity contribution is 0.0786. The number of hydrogen-bond acceptors (Lipinski definition) is 2. The number of carbonyl (C=O) groups excluding carboxylic acids is 1. The number of rotatable bonds is 3. The van der Waals surface area contributed by atoms with E-state index in [9.17, 15) is 9.18 Å². The average Bonchev–Trinajstić information content (AvgIpc) is 2.81. The molecule has 1 heterocycles. The summed E-state index contributed by atoms with van der Waals surface area (Å²) in [4.78, 5) is 14.0. The van der Waals surface area contributed by atoms with Gasteiger partial charge < -0.3 is 10.2 Å². The van der Waals surface area contributed by atoms with Gasteiger partial charge in [0.05, 0.1) is 4.47 Å². The summed E-state index contributed by atoms with van der Waals surface area (Å²) in [5.74, 6) is 0.0195. The smallest absolute Gasteiger partial charge is 0.253 e. The maximum Gasteiger partial charge on any atom is 0.253 e. The Morgan fingerprint density at radius 3 is 2.95 bits per heavy atom. The zero-order valence-electron chi connectivity index (χ0n) is 10.7. The van der Waals surface area contributed by atoms with E-state index in [1.54, 1.807) is 17.0 Å². The van der Waals surface area contributed by atoms with Crippen molar-refractivity contribution in [3.8, 4) is 0 Å². The molecule has 2 rings (SSSR count). The second-order valence-electron chi connectivity index (χ2n) is 4.59. The Kier molecular flexibility index (Phi) is 6.23. The topological polar surface area (TPSA) is 32.3 Å². The molecule has 106 valence electrons. The van der Waals surface area contributed by atoms with Crippen LogP contribution < -0.4 is 5.32 Å². The Bertz CT molecular complexity index is 458. The second-order valence-corrected chi connectivity index (χ2v) is 5.45. The lowest BCUT2D eigenvalue weighted by Crippen LogP contribution is -2.30. The number of likely N-dealkylation sites (tertiary alicyclic amines) is 1. The maximum atomic E-state index is 13.4. The maximum absolute atomic E-state index is 13.4. The van der Waals surface area contributed by atoms with E-state index < -0.39 is 5.82 Å². The Morgan fingerprint density at radius 1 is 1.58 bits per heavy atom. The first-order chi connectivity index (χ1) is 8.61. The molecule has 1 atom stereocenters. The molecule has 0 saturated carbocycles. The molecule has 6 heteroatoms. The molecule has 1 aromatic rings. The largest absolute Gasteiger partial charge is 0.338 e. The van der Waals surface area contributed by atoms with Crippen LogP contribution in [-0.4, -0.2) is 37.5 Å². The number of carbonyl (C=O) groups is 1. The van der Waals surface area contributed by atoms with Crippen LogP contribution in [0.5, 0.6) is 0 Å². The Hall–Kier alpha value is -0.650. The summed E-state index contributed by atoms with van der Waals surface area (Å²) in [6.45, 7) is 2.42. The standard InChI is InChI=1S/C13H16BrFN2O.ClH/c1-16-7-9-4-5-17(8-9)13(18)10-2-3-11(14)12(15)6-10;/h2-3,6,9,16H,4-5,7-8H2,1H3;1H. The molecule has 1 aromatic carbocycles. The highest BCUT2D eigenvalue weighted by Gasteiger charge is 2.26. The number of benzene rings is 1. The number of halogens is 3. The minimum Gasteiger partial charge on any atom is -0.338 e. The van der Waals surface area contributed by atoms with Gasteiger partial charge in [0, 0.05) is 18.7 Å². The van der Waals surface area contributed by atoms with Crippen molar-refractivity contribution in [3.05, 3.63) is 34.1 Å². The zero-order valence-corrected chi connectivity index (χ0v) is 13.1. The molecular weight excluding hydrogens is 335 g/mol. The normalized spacial score (nSPS) is 18.3. The van der Waals surface area contributed by atoms with Gasteiger partial charge in [-0.1, -0.05) is 0 Å². The third kappa shape index (κ3) is 3.91. The van der Waals surface area contributed by atoms with Crippen LogP contribution in [-0.2, 0) is 0 Å². The predicted octanol–water partition coefficient (Wildman–Crippen LogP) is 2.69. The first kappa shape index (κ1) is 16.4. The second kappa shape index (κ2) is 7.22. The zero-order chi connectivity index (χ0) is 13.1. The van der Waals surface area contributed by atoms with Crippen molar-refractivity contribution in [2.45, 2.75) is 6.42 Å². The number of amides is 1. The van der Waals surface area contributed by atoms with Gasteiger partial charge in [-0.25, -0.2) is 4.39 Å². The highest BCUT2D eigenvalue weighted by Crippen LogP contribution is 2.21. The molecule has 0 spiro atoms. The van der Waals surface area contributed by atoms with Gasteiger partial charge in [-0.3, -0.25) is 4.79 Å². The van der Waals surface area contributed by atoms with Gasteiger partial charge in [0.2, 0.25) is 0 Å². The van der Waals surface area contributed by atoms with Crippen molar-refractivity contribution in [1.29, 1.82) is 0 Å². The van der Waals surface area contributed by atoms with E-state index >= 15 is 0 Å². The van der Waals surface area contributed by atoms with Gasteiger partial charge in [0.15, 0.2) is 0 Å². The van der Waals surface area contributed by atoms with Gasteiger partial charge in [0.25, 0.3) is 5.91 Å². The molecule has 0 radical (unpaired) electrons. The average molecular weight is 352 g/mol. The third-order valence-electron chi connectivity index (χ3n) is 3.23. The quantitative estimate of drug-likeness (QED) is 0.908. The molecule has 1 saturated heterocycles. The van der Waals surface area contributed by atoms with Crippen molar-refractivity contribution in [1.82, 2.24) is 10.2 Å². The van der Waals surface area contributed by atoms with Gasteiger partial charge in [-0.2, -0.15) is 0 Å². The van der Waals surface area contributed by atoms with Gasteiger partial charge in [-0.05, 0) is 60.1 Å². The molecule has 1 aliphatic heterocycles. The van der Waals surface area contributed by atoms with Crippen LogP contribution in [0.2, 0.25) is 0 Å². The summed E-state index contributed by atoms with van der Waals surface area (Å²) >= 11 is 3.08. The summed E-state index contributed by atoms with van der Waals surface area (Å²) in [6, 6.07) is 4.52. The molecular formula is C13H17BrClFN2O. The lowest BCUT2D eigenvalue weighted by atomic mass is 10.1. The molecule has 1 aliphatic rings. The predicted molar refractivity (Wildman–Crippen MR) is 79.3 cm³/mol. The molecule has 3 nitrogen and oxygen atoms in total. The molecule has 0 aromatic heterocycles. The monoisotopic (exact) mass is 350 g/mol. The molecule has 0 aliphatic carbocycles. The summed E-state index contributed by atoms with van der Waals surface area (Å²) in [6.07, 6.45) is 1.01. The van der Waals surface area contributed by atoms with Crippen LogP contribution in [0, 0.1) is 11.7 Å². The molecule has 1 unspecified atom stereocenters. The van der Waals surface area contributed by atoms with Crippen molar-refractivity contribution < 1.29 is 9.18 Å². The van der Waals surface area contributed by atoms with E-state index in [1.165, 1.54) is 6.07 Å². The molecule has 0 bridgehead atoms. The minimum atomic E-state index is -0.396. The van der Waals surface area contributed by atoms with Crippen molar-refractivity contribution in [2.75, 3.05) is 26.7 Å². The van der Waals surface area contributed by atoms with E-state index in [0.717, 1.165) is 26.1 Å². The van der Waals surface area contributed by atoms with Crippen LogP contribution in [0.4, 0.5) is 4.39 Å². The Labute approximate surface area is 127 Å². The summed E-state index contributed by atoms with van der Waals surface area (Å²) in [5.41, 5.74) is 0.417. The summed E-state index contributed by atoms with van der Waals surface area (Å²) in [5, 5.41) is 3.12. The highest BCUT2D eigenvalue weighted by molar-refractivity contribution is 9.10. The van der Waals surface area contributed by atoms with E-state index in [0.29, 0.717) is 16.0 Å². The van der Waals surface area contributed by atoms with E-state index in [1.807, 2.05) is 7.05 Å².